The first-order valence-corrected chi connectivity index (χ1v) is 5.50. The van der Waals surface area contributed by atoms with Crippen molar-refractivity contribution in [2.45, 2.75) is 25.5 Å². The summed E-state index contributed by atoms with van der Waals surface area (Å²) >= 11 is 0. The Bertz CT molecular complexity index is 247. The van der Waals surface area contributed by atoms with Gasteiger partial charge in [-0.05, 0) is 18.9 Å². The van der Waals surface area contributed by atoms with Crippen molar-refractivity contribution in [1.82, 2.24) is 10.2 Å². The van der Waals surface area contributed by atoms with Crippen molar-refractivity contribution in [1.29, 1.82) is 0 Å². The molecule has 0 saturated carbocycles. The van der Waals surface area contributed by atoms with Crippen molar-refractivity contribution in [3.8, 4) is 0 Å². The number of carbonyl (C=O) groups is 1. The van der Waals surface area contributed by atoms with Gasteiger partial charge in [-0.3, -0.25) is 4.90 Å². The van der Waals surface area contributed by atoms with Crippen LogP contribution >= 0.6 is 0 Å². The molecule has 1 amide bonds. The van der Waals surface area contributed by atoms with Gasteiger partial charge in [0.2, 0.25) is 0 Å². The molecule has 3 unspecified atom stereocenters. The van der Waals surface area contributed by atoms with Crippen molar-refractivity contribution in [2.75, 3.05) is 26.2 Å². The summed E-state index contributed by atoms with van der Waals surface area (Å²) < 4.78 is 5.08. The predicted molar refractivity (Wildman–Crippen MR) is 54.5 cm³/mol. The zero-order valence-corrected chi connectivity index (χ0v) is 8.98. The van der Waals surface area contributed by atoms with Crippen molar-refractivity contribution < 1.29 is 14.6 Å². The second-order valence-corrected chi connectivity index (χ2v) is 4.42. The molecule has 2 heterocycles. The zero-order valence-electron chi connectivity index (χ0n) is 8.98. The highest BCUT2D eigenvalue weighted by Crippen LogP contribution is 2.24. The van der Waals surface area contributed by atoms with Crippen molar-refractivity contribution in [3.05, 3.63) is 0 Å². The highest BCUT2D eigenvalue weighted by molar-refractivity contribution is 5.69. The highest BCUT2D eigenvalue weighted by Gasteiger charge is 2.34. The number of hydrogen-bond acceptors (Lipinski definition) is 4. The first-order valence-electron chi connectivity index (χ1n) is 5.50. The van der Waals surface area contributed by atoms with Gasteiger partial charge in [-0.15, -0.1) is 0 Å². The maximum Gasteiger partial charge on any atom is 0.407 e. The number of nitrogens with zero attached hydrogens (tertiary/aromatic N) is 1. The van der Waals surface area contributed by atoms with E-state index in [4.69, 9.17) is 4.74 Å². The van der Waals surface area contributed by atoms with Gasteiger partial charge in [0.1, 0.15) is 6.10 Å². The second kappa shape index (κ2) is 4.37. The molecule has 0 aromatic carbocycles. The minimum absolute atomic E-state index is 0.0585. The van der Waals surface area contributed by atoms with Gasteiger partial charge in [0, 0.05) is 12.6 Å². The Morgan fingerprint density at radius 3 is 3.07 bits per heavy atom. The van der Waals surface area contributed by atoms with Gasteiger partial charge in [0.25, 0.3) is 0 Å². The van der Waals surface area contributed by atoms with E-state index in [0.717, 1.165) is 19.5 Å². The summed E-state index contributed by atoms with van der Waals surface area (Å²) in [6, 6.07) is 0.226. The number of rotatable bonds is 3. The van der Waals surface area contributed by atoms with Crippen LogP contribution in [-0.2, 0) is 4.74 Å². The predicted octanol–water partition coefficient (Wildman–Crippen LogP) is -0.203. The van der Waals surface area contributed by atoms with E-state index >= 15 is 0 Å². The zero-order chi connectivity index (χ0) is 10.8. The Hall–Kier alpha value is -0.810. The number of likely N-dealkylation sites (tertiary alicyclic amines) is 1. The molecule has 2 saturated heterocycles. The Kier molecular flexibility index (Phi) is 3.11. The minimum atomic E-state index is -0.326. The molecule has 0 aromatic heterocycles. The normalized spacial score (nSPS) is 36.7. The number of carbonyl (C=O) groups excluding carboxylic acids is 1. The molecular weight excluding hydrogens is 196 g/mol. The topological polar surface area (TPSA) is 61.8 Å². The van der Waals surface area contributed by atoms with Crippen LogP contribution in [0.2, 0.25) is 0 Å². The molecule has 0 radical (unpaired) electrons. The molecule has 5 nitrogen and oxygen atoms in total. The van der Waals surface area contributed by atoms with Gasteiger partial charge >= 0.3 is 6.09 Å². The first kappa shape index (κ1) is 10.7. The van der Waals surface area contributed by atoms with E-state index < -0.39 is 0 Å². The lowest BCUT2D eigenvalue weighted by atomic mass is 10.0. The van der Waals surface area contributed by atoms with Gasteiger partial charge < -0.3 is 15.2 Å². The number of cyclic esters (lactones) is 1. The number of ether oxygens (including phenoxy) is 1. The van der Waals surface area contributed by atoms with Crippen LogP contribution < -0.4 is 5.32 Å². The molecule has 3 atom stereocenters. The van der Waals surface area contributed by atoms with E-state index in [0.29, 0.717) is 12.5 Å². The van der Waals surface area contributed by atoms with Crippen molar-refractivity contribution in [2.24, 2.45) is 5.92 Å². The van der Waals surface area contributed by atoms with Crippen LogP contribution in [-0.4, -0.2) is 54.5 Å². The fraction of sp³-hybridized carbons (Fsp3) is 0.900. The maximum absolute atomic E-state index is 10.8. The third kappa shape index (κ3) is 2.23. The standard InChI is InChI=1S/C10H18N2O3/c1-7-2-3-12(9(7)6-13)5-8-4-11-10(14)15-8/h7-9,13H,2-6H2,1H3,(H,11,14). The number of amides is 1. The van der Waals surface area contributed by atoms with Crippen LogP contribution in [0.3, 0.4) is 0 Å². The number of alkyl carbamates (subject to hydrolysis) is 1. The molecule has 2 rings (SSSR count). The molecular formula is C10H18N2O3. The summed E-state index contributed by atoms with van der Waals surface area (Å²) in [4.78, 5) is 13.1. The molecule has 0 aliphatic carbocycles. The Labute approximate surface area is 89.4 Å². The quantitative estimate of drug-likeness (QED) is 0.683. The van der Waals surface area contributed by atoms with Crippen LogP contribution in [0.25, 0.3) is 0 Å². The lowest BCUT2D eigenvalue weighted by Gasteiger charge is -2.26. The third-order valence-corrected chi connectivity index (χ3v) is 3.37. The number of aliphatic hydroxyl groups excluding tert-OH is 1. The third-order valence-electron chi connectivity index (χ3n) is 3.37. The molecule has 15 heavy (non-hydrogen) atoms. The van der Waals surface area contributed by atoms with E-state index in [1.807, 2.05) is 0 Å². The molecule has 0 aromatic rings. The lowest BCUT2D eigenvalue weighted by molar-refractivity contribution is 0.0804. The van der Waals surface area contributed by atoms with Gasteiger partial charge in [0.15, 0.2) is 0 Å². The summed E-state index contributed by atoms with van der Waals surface area (Å²) in [6.45, 7) is 4.64. The SMILES string of the molecule is CC1CCN(CC2CNC(=O)O2)C1CO. The molecule has 2 aliphatic heterocycles. The van der Waals surface area contributed by atoms with E-state index in [9.17, 15) is 9.90 Å². The molecule has 5 heteroatoms. The Morgan fingerprint density at radius 1 is 1.67 bits per heavy atom. The number of nitrogens with one attached hydrogen (secondary N) is 1. The summed E-state index contributed by atoms with van der Waals surface area (Å²) in [5.74, 6) is 0.528. The molecule has 2 fully saturated rings. The highest BCUT2D eigenvalue weighted by atomic mass is 16.6. The fourth-order valence-corrected chi connectivity index (χ4v) is 2.40. The van der Waals surface area contributed by atoms with E-state index in [1.54, 1.807) is 0 Å². The molecule has 2 aliphatic rings. The Balaban J connectivity index is 1.86. The Morgan fingerprint density at radius 2 is 2.47 bits per heavy atom. The van der Waals surface area contributed by atoms with E-state index in [-0.39, 0.29) is 24.8 Å². The van der Waals surface area contributed by atoms with Crippen molar-refractivity contribution >= 4 is 6.09 Å². The smallest absolute Gasteiger partial charge is 0.407 e. The summed E-state index contributed by atoms with van der Waals surface area (Å²) in [7, 11) is 0. The van der Waals surface area contributed by atoms with Crippen LogP contribution in [0.4, 0.5) is 4.79 Å². The molecule has 0 spiro atoms. The van der Waals surface area contributed by atoms with Crippen LogP contribution in [0.5, 0.6) is 0 Å². The van der Waals surface area contributed by atoms with Crippen LogP contribution in [0.1, 0.15) is 13.3 Å². The largest absolute Gasteiger partial charge is 0.443 e. The van der Waals surface area contributed by atoms with Gasteiger partial charge in [-0.25, -0.2) is 4.79 Å². The summed E-state index contributed by atoms with van der Waals surface area (Å²) in [6.07, 6.45) is 0.726. The monoisotopic (exact) mass is 214 g/mol. The van der Waals surface area contributed by atoms with E-state index in [2.05, 4.69) is 17.1 Å². The molecule has 86 valence electrons. The summed E-state index contributed by atoms with van der Waals surface area (Å²) in [5.41, 5.74) is 0. The average molecular weight is 214 g/mol. The second-order valence-electron chi connectivity index (χ2n) is 4.42. The fourth-order valence-electron chi connectivity index (χ4n) is 2.40. The van der Waals surface area contributed by atoms with Gasteiger partial charge in [-0.2, -0.15) is 0 Å². The lowest BCUT2D eigenvalue weighted by Crippen LogP contribution is -2.41. The number of aliphatic hydroxyl groups is 1. The van der Waals surface area contributed by atoms with Crippen LogP contribution in [0.15, 0.2) is 0 Å². The first-order chi connectivity index (χ1) is 7.20. The average Bonchev–Trinajstić information content (AvgIpc) is 2.75. The maximum atomic E-state index is 10.8. The number of hydrogen-bond donors (Lipinski definition) is 2. The van der Waals surface area contributed by atoms with Crippen molar-refractivity contribution in [3.63, 3.8) is 0 Å². The molecule has 2 N–H and O–H groups in total. The molecule has 0 bridgehead atoms. The van der Waals surface area contributed by atoms with Gasteiger partial charge in [0.05, 0.1) is 13.2 Å². The van der Waals surface area contributed by atoms with Crippen LogP contribution in [0, 0.1) is 5.92 Å². The van der Waals surface area contributed by atoms with E-state index in [1.165, 1.54) is 0 Å². The van der Waals surface area contributed by atoms with Gasteiger partial charge in [-0.1, -0.05) is 6.92 Å². The minimum Gasteiger partial charge on any atom is -0.443 e. The summed E-state index contributed by atoms with van der Waals surface area (Å²) in [5, 5.41) is 11.9.